The third-order valence-electron chi connectivity index (χ3n) is 4.40. The average molecular weight is 463 g/mol. The van der Waals surface area contributed by atoms with Crippen LogP contribution in [0.5, 0.6) is 11.5 Å². The first kappa shape index (κ1) is 24.7. The number of anilines is 1. The number of phenols is 1. The second-order valence-electron chi connectivity index (χ2n) is 6.91. The van der Waals surface area contributed by atoms with Gasteiger partial charge in [-0.05, 0) is 66.4 Å². The molecule has 0 aliphatic carbocycles. The number of aromatic hydroxyl groups is 1. The summed E-state index contributed by atoms with van der Waals surface area (Å²) in [5.41, 5.74) is 1.93. The largest absolute Gasteiger partial charge is 0.508 e. The summed E-state index contributed by atoms with van der Waals surface area (Å²) in [5.74, 6) is 0.767. The molecule has 4 N–H and O–H groups in total. The van der Waals surface area contributed by atoms with Crippen molar-refractivity contribution in [3.63, 3.8) is 0 Å². The van der Waals surface area contributed by atoms with E-state index in [1.165, 1.54) is 0 Å². The third-order valence-corrected chi connectivity index (χ3v) is 5.28. The first-order valence-electron chi connectivity index (χ1n) is 9.80. The Balaban J connectivity index is 0.00000341. The van der Waals surface area contributed by atoms with Crippen molar-refractivity contribution >= 4 is 35.3 Å². The first-order valence-corrected chi connectivity index (χ1v) is 10.7. The zero-order valence-corrected chi connectivity index (χ0v) is 18.6. The van der Waals surface area contributed by atoms with Gasteiger partial charge in [0.05, 0.1) is 6.42 Å². The lowest BCUT2D eigenvalue weighted by Gasteiger charge is -2.13. The Morgan fingerprint density at radius 1 is 1.06 bits per heavy atom. The molecule has 31 heavy (non-hydrogen) atoms. The summed E-state index contributed by atoms with van der Waals surface area (Å²) in [6.07, 6.45) is 0.580. The van der Waals surface area contributed by atoms with Crippen LogP contribution in [0.15, 0.2) is 66.0 Å². The summed E-state index contributed by atoms with van der Waals surface area (Å²) < 4.78 is 5.48. The Morgan fingerprint density at radius 3 is 2.48 bits per heavy atom. The fraction of sp³-hybridized carbons (Fsp3) is 0.261. The Bertz CT molecular complexity index is 902. The van der Waals surface area contributed by atoms with E-state index in [0.29, 0.717) is 18.7 Å². The molecule has 166 valence electrons. The normalized spacial score (nSPS) is 11.4. The SMILES string of the molecule is Cl.O=C(Cc1cccs1)Nc1ccc(CCNC[C@H](O)COc2ccc(O)cc2)cc1. The van der Waals surface area contributed by atoms with Crippen LogP contribution >= 0.6 is 23.7 Å². The second-order valence-corrected chi connectivity index (χ2v) is 7.95. The molecule has 0 spiro atoms. The lowest BCUT2D eigenvalue weighted by Crippen LogP contribution is -2.32. The van der Waals surface area contributed by atoms with Crippen LogP contribution in [0, 0.1) is 0 Å². The van der Waals surface area contributed by atoms with Crippen LogP contribution in [-0.4, -0.2) is 41.9 Å². The molecule has 0 saturated carbocycles. The molecule has 3 rings (SSSR count). The van der Waals surface area contributed by atoms with Gasteiger partial charge >= 0.3 is 0 Å². The van der Waals surface area contributed by atoms with Crippen LogP contribution in [0.4, 0.5) is 5.69 Å². The van der Waals surface area contributed by atoms with Gasteiger partial charge in [0, 0.05) is 17.1 Å². The molecule has 0 fully saturated rings. The van der Waals surface area contributed by atoms with E-state index < -0.39 is 6.10 Å². The van der Waals surface area contributed by atoms with Crippen LogP contribution < -0.4 is 15.4 Å². The van der Waals surface area contributed by atoms with E-state index in [9.17, 15) is 15.0 Å². The number of benzene rings is 2. The molecule has 3 aromatic rings. The molecule has 0 aliphatic heterocycles. The smallest absolute Gasteiger partial charge is 0.229 e. The Morgan fingerprint density at radius 2 is 1.81 bits per heavy atom. The number of nitrogens with one attached hydrogen (secondary N) is 2. The number of phenolic OH excluding ortho intramolecular Hbond substituents is 1. The Kier molecular flexibility index (Phi) is 10.3. The average Bonchev–Trinajstić information content (AvgIpc) is 3.25. The van der Waals surface area contributed by atoms with Crippen molar-refractivity contribution in [3.8, 4) is 11.5 Å². The van der Waals surface area contributed by atoms with Crippen molar-refractivity contribution in [2.45, 2.75) is 18.9 Å². The van der Waals surface area contributed by atoms with Crippen LogP contribution in [0.3, 0.4) is 0 Å². The van der Waals surface area contributed by atoms with Gasteiger partial charge in [-0.25, -0.2) is 0 Å². The van der Waals surface area contributed by atoms with Crippen LogP contribution in [0.2, 0.25) is 0 Å². The molecule has 1 atom stereocenters. The van der Waals surface area contributed by atoms with Crippen molar-refractivity contribution in [2.24, 2.45) is 0 Å². The van der Waals surface area contributed by atoms with Gasteiger partial charge in [0.2, 0.25) is 5.91 Å². The van der Waals surface area contributed by atoms with E-state index in [1.807, 2.05) is 41.8 Å². The van der Waals surface area contributed by atoms with Crippen molar-refractivity contribution in [1.29, 1.82) is 0 Å². The second kappa shape index (κ2) is 13.0. The maximum atomic E-state index is 12.0. The summed E-state index contributed by atoms with van der Waals surface area (Å²) in [6.45, 7) is 1.33. The fourth-order valence-electron chi connectivity index (χ4n) is 2.83. The predicted octanol–water partition coefficient (Wildman–Crippen LogP) is 3.63. The lowest BCUT2D eigenvalue weighted by atomic mass is 10.1. The predicted molar refractivity (Wildman–Crippen MR) is 127 cm³/mol. The van der Waals surface area contributed by atoms with Gasteiger partial charge < -0.3 is 25.6 Å². The van der Waals surface area contributed by atoms with Crippen LogP contribution in [-0.2, 0) is 17.6 Å². The Hall–Kier alpha value is -2.58. The lowest BCUT2D eigenvalue weighted by molar-refractivity contribution is -0.115. The van der Waals surface area contributed by atoms with E-state index in [2.05, 4.69) is 10.6 Å². The number of aliphatic hydroxyl groups is 1. The van der Waals surface area contributed by atoms with Crippen LogP contribution in [0.1, 0.15) is 10.4 Å². The molecular formula is C23H27ClN2O4S. The zero-order valence-electron chi connectivity index (χ0n) is 17.0. The molecule has 0 unspecified atom stereocenters. The number of amides is 1. The Labute approximate surface area is 192 Å². The van der Waals surface area contributed by atoms with E-state index in [-0.39, 0.29) is 30.7 Å². The summed E-state index contributed by atoms with van der Waals surface area (Å²) in [4.78, 5) is 13.1. The molecule has 1 aromatic heterocycles. The molecule has 1 heterocycles. The third kappa shape index (κ3) is 8.98. The quantitative estimate of drug-likeness (QED) is 0.327. The standard InChI is InChI=1S/C23H26N2O4S.ClH/c26-19-7-9-21(10-8-19)29-16-20(27)15-24-12-11-17-3-5-18(6-4-17)25-23(28)14-22-2-1-13-30-22;/h1-10,13,20,24,26-27H,11-12,14-16H2,(H,25,28);1H/t20-;/m0./s1. The van der Waals surface area contributed by atoms with Gasteiger partial charge in [0.15, 0.2) is 0 Å². The highest BCUT2D eigenvalue weighted by Crippen LogP contribution is 2.16. The molecule has 0 radical (unpaired) electrons. The number of hydrogen-bond acceptors (Lipinski definition) is 6. The van der Waals surface area contributed by atoms with E-state index in [0.717, 1.165) is 29.1 Å². The van der Waals surface area contributed by atoms with E-state index in [4.69, 9.17) is 4.74 Å². The summed E-state index contributed by atoms with van der Waals surface area (Å²) in [5, 5.41) is 27.3. The summed E-state index contributed by atoms with van der Waals surface area (Å²) >= 11 is 1.58. The number of aliphatic hydroxyl groups excluding tert-OH is 1. The number of hydrogen-bond donors (Lipinski definition) is 4. The highest BCUT2D eigenvalue weighted by Gasteiger charge is 2.06. The van der Waals surface area contributed by atoms with Gasteiger partial charge in [0.25, 0.3) is 0 Å². The van der Waals surface area contributed by atoms with E-state index in [1.54, 1.807) is 35.6 Å². The van der Waals surface area contributed by atoms with Crippen molar-refractivity contribution in [3.05, 3.63) is 76.5 Å². The molecule has 8 heteroatoms. The molecule has 0 saturated heterocycles. The first-order chi connectivity index (χ1) is 14.6. The zero-order chi connectivity index (χ0) is 21.2. The van der Waals surface area contributed by atoms with Gasteiger partial charge in [-0.3, -0.25) is 4.79 Å². The van der Waals surface area contributed by atoms with Gasteiger partial charge in [-0.15, -0.1) is 23.7 Å². The molecular weight excluding hydrogens is 436 g/mol. The summed E-state index contributed by atoms with van der Waals surface area (Å²) in [7, 11) is 0. The fourth-order valence-corrected chi connectivity index (χ4v) is 3.53. The van der Waals surface area contributed by atoms with Gasteiger partial charge in [-0.1, -0.05) is 18.2 Å². The maximum Gasteiger partial charge on any atom is 0.229 e. The highest BCUT2D eigenvalue weighted by molar-refractivity contribution is 7.10. The minimum Gasteiger partial charge on any atom is -0.508 e. The van der Waals surface area contributed by atoms with Gasteiger partial charge in [-0.2, -0.15) is 0 Å². The molecule has 0 aliphatic rings. The minimum atomic E-state index is -0.625. The molecule has 6 nitrogen and oxygen atoms in total. The molecule has 2 aromatic carbocycles. The van der Waals surface area contributed by atoms with Crippen molar-refractivity contribution < 1.29 is 19.7 Å². The topological polar surface area (TPSA) is 90.8 Å². The maximum absolute atomic E-state index is 12.0. The van der Waals surface area contributed by atoms with Crippen LogP contribution in [0.25, 0.3) is 0 Å². The van der Waals surface area contributed by atoms with E-state index >= 15 is 0 Å². The van der Waals surface area contributed by atoms with Crippen molar-refractivity contribution in [1.82, 2.24) is 5.32 Å². The number of ether oxygens (including phenoxy) is 1. The molecule has 0 bridgehead atoms. The number of thiophene rings is 1. The number of carbonyl (C=O) groups is 1. The van der Waals surface area contributed by atoms with Gasteiger partial charge in [0.1, 0.15) is 24.2 Å². The number of rotatable bonds is 11. The number of carbonyl (C=O) groups excluding carboxylic acids is 1. The monoisotopic (exact) mass is 462 g/mol. The number of halogens is 1. The summed E-state index contributed by atoms with van der Waals surface area (Å²) in [6, 6.07) is 18.1. The van der Waals surface area contributed by atoms with Crippen molar-refractivity contribution in [2.75, 3.05) is 25.0 Å². The highest BCUT2D eigenvalue weighted by atomic mass is 35.5. The molecule has 1 amide bonds. The minimum absolute atomic E-state index is 0.